The van der Waals surface area contributed by atoms with E-state index < -0.39 is 4.92 Å². The van der Waals surface area contributed by atoms with Crippen LogP contribution in [0.15, 0.2) is 53.7 Å². The van der Waals surface area contributed by atoms with Crippen LogP contribution >= 0.6 is 0 Å². The Kier molecular flexibility index (Phi) is 3.27. The summed E-state index contributed by atoms with van der Waals surface area (Å²) >= 11 is 0. The number of non-ortho nitro benzene ring substituents is 1. The highest BCUT2D eigenvalue weighted by Crippen LogP contribution is 2.29. The van der Waals surface area contributed by atoms with E-state index in [1.807, 2.05) is 29.2 Å². The first-order valence-electron chi connectivity index (χ1n) is 6.53. The van der Waals surface area contributed by atoms with Crippen molar-refractivity contribution < 1.29 is 10.1 Å². The van der Waals surface area contributed by atoms with Gasteiger partial charge in [-0.2, -0.15) is 0 Å². The molecule has 0 unspecified atom stereocenters. The van der Waals surface area contributed by atoms with Gasteiger partial charge < -0.3 is 10.1 Å². The first kappa shape index (κ1) is 13.1. The van der Waals surface area contributed by atoms with Crippen molar-refractivity contribution in [2.24, 2.45) is 5.16 Å². The van der Waals surface area contributed by atoms with E-state index in [2.05, 4.69) is 5.16 Å². The van der Waals surface area contributed by atoms with Gasteiger partial charge in [-0.05, 0) is 18.1 Å². The van der Waals surface area contributed by atoms with Crippen LogP contribution in [0.4, 0.5) is 11.4 Å². The molecule has 106 valence electrons. The molecule has 0 radical (unpaired) electrons. The molecule has 2 aromatic rings. The van der Waals surface area contributed by atoms with Crippen LogP contribution in [0, 0.1) is 10.1 Å². The molecule has 0 saturated heterocycles. The van der Waals surface area contributed by atoms with Crippen molar-refractivity contribution in [3.63, 3.8) is 0 Å². The third-order valence-corrected chi connectivity index (χ3v) is 3.55. The summed E-state index contributed by atoms with van der Waals surface area (Å²) in [6, 6.07) is 14.0. The zero-order valence-corrected chi connectivity index (χ0v) is 11.1. The van der Waals surface area contributed by atoms with Gasteiger partial charge in [-0.25, -0.2) is 0 Å². The van der Waals surface area contributed by atoms with E-state index >= 15 is 0 Å². The second kappa shape index (κ2) is 5.24. The number of nitro groups is 1. The van der Waals surface area contributed by atoms with Gasteiger partial charge in [0.05, 0.1) is 4.92 Å². The fraction of sp³-hybridized carbons (Fsp3) is 0.133. The van der Waals surface area contributed by atoms with Gasteiger partial charge in [-0.15, -0.1) is 0 Å². The number of hydrogen-bond donors (Lipinski definition) is 1. The van der Waals surface area contributed by atoms with Gasteiger partial charge in [0.2, 0.25) is 0 Å². The number of anilines is 1. The zero-order chi connectivity index (χ0) is 14.8. The van der Waals surface area contributed by atoms with Crippen LogP contribution in [0.3, 0.4) is 0 Å². The van der Waals surface area contributed by atoms with E-state index in [0.29, 0.717) is 17.9 Å². The molecule has 1 heterocycles. The fourth-order valence-electron chi connectivity index (χ4n) is 2.58. The molecule has 6 heteroatoms. The Labute approximate surface area is 121 Å². The maximum absolute atomic E-state index is 10.9. The van der Waals surface area contributed by atoms with Crippen LogP contribution < -0.4 is 4.90 Å². The van der Waals surface area contributed by atoms with Crippen molar-refractivity contribution in [3.8, 4) is 0 Å². The molecule has 0 bridgehead atoms. The summed E-state index contributed by atoms with van der Waals surface area (Å²) in [6.45, 7) is 0.682. The molecule has 0 aliphatic carbocycles. The van der Waals surface area contributed by atoms with E-state index in [9.17, 15) is 15.3 Å². The van der Waals surface area contributed by atoms with Gasteiger partial charge in [-0.3, -0.25) is 10.1 Å². The van der Waals surface area contributed by atoms with Crippen LogP contribution in [0.25, 0.3) is 0 Å². The van der Waals surface area contributed by atoms with Crippen molar-refractivity contribution in [1.82, 2.24) is 0 Å². The molecule has 1 aliphatic heterocycles. The van der Waals surface area contributed by atoms with Crippen molar-refractivity contribution in [2.75, 3.05) is 11.4 Å². The minimum atomic E-state index is -0.462. The molecule has 0 fully saturated rings. The normalized spacial score (nSPS) is 14.1. The highest BCUT2D eigenvalue weighted by Gasteiger charge is 2.25. The fourth-order valence-corrected chi connectivity index (χ4v) is 2.58. The predicted octanol–water partition coefficient (Wildman–Crippen LogP) is 2.79. The molecule has 0 atom stereocenters. The largest absolute Gasteiger partial charge is 0.409 e. The standard InChI is InChI=1S/C15H13N3O3/c19-16-15(12-5-3-6-13(10-12)18(20)21)17-9-8-11-4-1-2-7-14(11)17/h1-7,10,19H,8-9H2/b16-15+. The summed E-state index contributed by atoms with van der Waals surface area (Å²) in [5.74, 6) is 0.323. The Morgan fingerprint density at radius 3 is 2.81 bits per heavy atom. The number of fused-ring (bicyclic) bond motifs is 1. The van der Waals surface area contributed by atoms with Crippen LogP contribution in [-0.2, 0) is 6.42 Å². The molecule has 0 spiro atoms. The van der Waals surface area contributed by atoms with E-state index in [-0.39, 0.29) is 5.69 Å². The van der Waals surface area contributed by atoms with Gasteiger partial charge in [0.15, 0.2) is 5.84 Å². The molecule has 0 amide bonds. The Morgan fingerprint density at radius 2 is 2.05 bits per heavy atom. The third kappa shape index (κ3) is 2.31. The lowest BCUT2D eigenvalue weighted by Gasteiger charge is -2.20. The summed E-state index contributed by atoms with van der Waals surface area (Å²) in [5.41, 5.74) is 2.63. The zero-order valence-electron chi connectivity index (χ0n) is 11.1. The van der Waals surface area contributed by atoms with Gasteiger partial charge in [0.25, 0.3) is 5.69 Å². The first-order valence-corrected chi connectivity index (χ1v) is 6.53. The molecule has 3 rings (SSSR count). The number of rotatable bonds is 2. The second-order valence-corrected chi connectivity index (χ2v) is 4.76. The highest BCUT2D eigenvalue weighted by atomic mass is 16.6. The van der Waals surface area contributed by atoms with Gasteiger partial charge in [0.1, 0.15) is 0 Å². The Balaban J connectivity index is 2.01. The maximum atomic E-state index is 10.9. The highest BCUT2D eigenvalue weighted by molar-refractivity contribution is 6.10. The summed E-state index contributed by atoms with van der Waals surface area (Å²) in [4.78, 5) is 12.3. The number of hydrogen-bond acceptors (Lipinski definition) is 4. The number of oxime groups is 1. The van der Waals surface area contributed by atoms with Gasteiger partial charge >= 0.3 is 0 Å². The number of para-hydroxylation sites is 1. The molecular weight excluding hydrogens is 270 g/mol. The predicted molar refractivity (Wildman–Crippen MR) is 78.9 cm³/mol. The molecular formula is C15H13N3O3. The summed E-state index contributed by atoms with van der Waals surface area (Å²) in [6.07, 6.45) is 0.851. The summed E-state index contributed by atoms with van der Waals surface area (Å²) in [7, 11) is 0. The van der Waals surface area contributed by atoms with E-state index in [0.717, 1.165) is 12.1 Å². The molecule has 21 heavy (non-hydrogen) atoms. The number of nitrogens with zero attached hydrogens (tertiary/aromatic N) is 3. The summed E-state index contributed by atoms with van der Waals surface area (Å²) < 4.78 is 0. The van der Waals surface area contributed by atoms with Crippen molar-refractivity contribution >= 4 is 17.2 Å². The monoisotopic (exact) mass is 283 g/mol. The lowest BCUT2D eigenvalue weighted by molar-refractivity contribution is -0.384. The quantitative estimate of drug-likeness (QED) is 0.302. The minimum Gasteiger partial charge on any atom is -0.409 e. The van der Waals surface area contributed by atoms with Crippen molar-refractivity contribution in [2.45, 2.75) is 6.42 Å². The maximum Gasteiger partial charge on any atom is 0.270 e. The molecule has 6 nitrogen and oxygen atoms in total. The Bertz CT molecular complexity index is 728. The number of amidine groups is 1. The van der Waals surface area contributed by atoms with Crippen molar-refractivity contribution in [3.05, 3.63) is 69.8 Å². The Hall–Kier alpha value is -2.89. The molecule has 1 aliphatic rings. The average Bonchev–Trinajstić information content (AvgIpc) is 2.93. The first-order chi connectivity index (χ1) is 10.2. The SMILES string of the molecule is O=[N+]([O-])c1cccc(/C(=N\O)N2CCc3ccccc32)c1. The average molecular weight is 283 g/mol. The second-order valence-electron chi connectivity index (χ2n) is 4.76. The lowest BCUT2D eigenvalue weighted by Crippen LogP contribution is -2.29. The molecule has 0 aromatic heterocycles. The van der Waals surface area contributed by atoms with Crippen molar-refractivity contribution in [1.29, 1.82) is 0 Å². The van der Waals surface area contributed by atoms with Crippen LogP contribution in [0.5, 0.6) is 0 Å². The van der Waals surface area contributed by atoms with Crippen LogP contribution in [0.1, 0.15) is 11.1 Å². The number of benzene rings is 2. The molecule has 0 saturated carbocycles. The van der Waals surface area contributed by atoms with E-state index in [1.165, 1.54) is 17.7 Å². The van der Waals surface area contributed by atoms with E-state index in [1.54, 1.807) is 12.1 Å². The topological polar surface area (TPSA) is 79.0 Å². The van der Waals surface area contributed by atoms with Gasteiger partial charge in [-0.1, -0.05) is 35.5 Å². The van der Waals surface area contributed by atoms with E-state index in [4.69, 9.17) is 0 Å². The minimum absolute atomic E-state index is 0.0267. The van der Waals surface area contributed by atoms with Gasteiger partial charge in [0, 0.05) is 29.9 Å². The Morgan fingerprint density at radius 1 is 1.24 bits per heavy atom. The smallest absolute Gasteiger partial charge is 0.270 e. The van der Waals surface area contributed by atoms with Crippen LogP contribution in [0.2, 0.25) is 0 Å². The lowest BCUT2D eigenvalue weighted by atomic mass is 10.1. The molecule has 2 aromatic carbocycles. The third-order valence-electron chi connectivity index (χ3n) is 3.55. The summed E-state index contributed by atoms with van der Waals surface area (Å²) in [5, 5.41) is 23.6. The molecule has 1 N–H and O–H groups in total. The van der Waals surface area contributed by atoms with Crippen LogP contribution in [-0.4, -0.2) is 22.5 Å². The number of nitro benzene ring substituents is 1.